The molecule has 0 aliphatic carbocycles. The lowest BCUT2D eigenvalue weighted by molar-refractivity contribution is -0.123. The minimum atomic E-state index is -4.43. The zero-order valence-electron chi connectivity index (χ0n) is 8.01. The minimum absolute atomic E-state index is 0.0863. The van der Waals surface area contributed by atoms with Crippen LogP contribution in [0.2, 0.25) is 0 Å². The number of carbonyl (C=O) groups is 1. The van der Waals surface area contributed by atoms with E-state index in [0.717, 1.165) is 0 Å². The van der Waals surface area contributed by atoms with Crippen molar-refractivity contribution < 1.29 is 18.0 Å². The third-order valence-corrected chi connectivity index (χ3v) is 1.73. The second-order valence-electron chi connectivity index (χ2n) is 2.99. The number of halogens is 3. The maximum Gasteiger partial charge on any atom is 0.405 e. The number of hydrogen-bond donors (Lipinski definition) is 1. The molecule has 1 aromatic rings. The molecule has 84 valence electrons. The van der Waals surface area contributed by atoms with Crippen LogP contribution in [0.4, 0.5) is 13.2 Å². The first kappa shape index (κ1) is 12.0. The van der Waals surface area contributed by atoms with Crippen molar-refractivity contribution in [1.82, 2.24) is 5.32 Å². The van der Waals surface area contributed by atoms with Gasteiger partial charge in [0.25, 0.3) is 5.91 Å². The van der Waals surface area contributed by atoms with Crippen molar-refractivity contribution in [3.05, 3.63) is 35.4 Å². The van der Waals surface area contributed by atoms with E-state index in [-0.39, 0.29) is 5.56 Å². The van der Waals surface area contributed by atoms with Crippen molar-refractivity contribution in [2.24, 2.45) is 0 Å². The molecule has 1 aromatic carbocycles. The molecule has 0 atom stereocenters. The molecule has 1 rings (SSSR count). The van der Waals surface area contributed by atoms with Crippen LogP contribution in [0.15, 0.2) is 24.3 Å². The molecule has 0 bridgehead atoms. The lowest BCUT2D eigenvalue weighted by Gasteiger charge is -2.07. The Balaban J connectivity index is 2.64. The van der Waals surface area contributed by atoms with Crippen LogP contribution in [0.1, 0.15) is 15.9 Å². The van der Waals surface area contributed by atoms with E-state index in [4.69, 9.17) is 5.26 Å². The van der Waals surface area contributed by atoms with Crippen LogP contribution in [0.25, 0.3) is 0 Å². The maximum absolute atomic E-state index is 11.8. The summed E-state index contributed by atoms with van der Waals surface area (Å²) in [5.74, 6) is -0.818. The summed E-state index contributed by atoms with van der Waals surface area (Å²) < 4.78 is 35.4. The Bertz CT molecular complexity index is 417. The molecule has 0 fully saturated rings. The van der Waals surface area contributed by atoms with Crippen LogP contribution >= 0.6 is 0 Å². The van der Waals surface area contributed by atoms with Gasteiger partial charge in [-0.25, -0.2) is 0 Å². The van der Waals surface area contributed by atoms with Gasteiger partial charge in [-0.15, -0.1) is 0 Å². The van der Waals surface area contributed by atoms with Crippen molar-refractivity contribution in [3.63, 3.8) is 0 Å². The monoisotopic (exact) mass is 228 g/mol. The largest absolute Gasteiger partial charge is 0.405 e. The molecular weight excluding hydrogens is 221 g/mol. The molecule has 1 N–H and O–H groups in total. The first-order valence-electron chi connectivity index (χ1n) is 4.27. The van der Waals surface area contributed by atoms with E-state index >= 15 is 0 Å². The number of carbonyl (C=O) groups excluding carboxylic acids is 1. The van der Waals surface area contributed by atoms with Gasteiger partial charge < -0.3 is 5.32 Å². The second-order valence-corrected chi connectivity index (χ2v) is 2.99. The van der Waals surface area contributed by atoms with Gasteiger partial charge in [-0.2, -0.15) is 18.4 Å². The van der Waals surface area contributed by atoms with Gasteiger partial charge >= 0.3 is 6.18 Å². The highest BCUT2D eigenvalue weighted by atomic mass is 19.4. The fraction of sp³-hybridized carbons (Fsp3) is 0.200. The highest BCUT2D eigenvalue weighted by Crippen LogP contribution is 2.12. The number of alkyl halides is 3. The van der Waals surface area contributed by atoms with Crippen molar-refractivity contribution in [1.29, 1.82) is 5.26 Å². The fourth-order valence-electron chi connectivity index (χ4n) is 0.979. The number of nitrogens with zero attached hydrogens (tertiary/aromatic N) is 1. The molecule has 6 heteroatoms. The van der Waals surface area contributed by atoms with Crippen LogP contribution in [0.3, 0.4) is 0 Å². The molecule has 0 saturated heterocycles. The van der Waals surface area contributed by atoms with Crippen molar-refractivity contribution in [3.8, 4) is 6.07 Å². The number of nitrogens with one attached hydrogen (secondary N) is 1. The summed E-state index contributed by atoms with van der Waals surface area (Å²) in [6, 6.07) is 7.16. The van der Waals surface area contributed by atoms with Gasteiger partial charge in [0.1, 0.15) is 6.54 Å². The Morgan fingerprint density at radius 1 is 1.31 bits per heavy atom. The molecular formula is C10H7F3N2O. The van der Waals surface area contributed by atoms with Gasteiger partial charge in [-0.3, -0.25) is 4.79 Å². The van der Waals surface area contributed by atoms with E-state index in [9.17, 15) is 18.0 Å². The number of amides is 1. The van der Waals surface area contributed by atoms with E-state index in [1.54, 1.807) is 5.32 Å². The summed E-state index contributed by atoms with van der Waals surface area (Å²) in [5, 5.41) is 10.2. The lowest BCUT2D eigenvalue weighted by atomic mass is 10.1. The molecule has 16 heavy (non-hydrogen) atoms. The smallest absolute Gasteiger partial charge is 0.343 e. The van der Waals surface area contributed by atoms with E-state index < -0.39 is 18.6 Å². The van der Waals surface area contributed by atoms with E-state index in [1.165, 1.54) is 24.3 Å². The fourth-order valence-corrected chi connectivity index (χ4v) is 0.979. The zero-order valence-corrected chi connectivity index (χ0v) is 8.01. The van der Waals surface area contributed by atoms with Gasteiger partial charge in [-0.1, -0.05) is 0 Å². The van der Waals surface area contributed by atoms with Gasteiger partial charge in [-0.05, 0) is 24.3 Å². The zero-order chi connectivity index (χ0) is 12.2. The Labute approximate surface area is 89.5 Å². The Morgan fingerprint density at radius 3 is 2.31 bits per heavy atom. The normalized spacial score (nSPS) is 10.6. The summed E-state index contributed by atoms with van der Waals surface area (Å²) in [4.78, 5) is 11.2. The Kier molecular flexibility index (Phi) is 3.51. The van der Waals surface area contributed by atoms with E-state index in [1.807, 2.05) is 6.07 Å². The predicted molar refractivity (Wildman–Crippen MR) is 49.5 cm³/mol. The van der Waals surface area contributed by atoms with Crippen LogP contribution < -0.4 is 5.32 Å². The van der Waals surface area contributed by atoms with Crippen LogP contribution in [-0.2, 0) is 0 Å². The number of hydrogen-bond acceptors (Lipinski definition) is 2. The molecule has 0 spiro atoms. The third-order valence-electron chi connectivity index (χ3n) is 1.73. The average molecular weight is 228 g/mol. The molecule has 1 amide bonds. The molecule has 0 aromatic heterocycles. The van der Waals surface area contributed by atoms with Crippen molar-refractivity contribution in [2.45, 2.75) is 6.18 Å². The number of benzene rings is 1. The quantitative estimate of drug-likeness (QED) is 0.839. The third kappa shape index (κ3) is 3.61. The predicted octanol–water partition coefficient (Wildman–Crippen LogP) is 1.85. The molecule has 3 nitrogen and oxygen atoms in total. The van der Waals surface area contributed by atoms with Gasteiger partial charge in [0.15, 0.2) is 0 Å². The van der Waals surface area contributed by atoms with E-state index in [2.05, 4.69) is 0 Å². The summed E-state index contributed by atoms with van der Waals surface area (Å²) in [6.45, 7) is -1.37. The average Bonchev–Trinajstić information content (AvgIpc) is 2.25. The SMILES string of the molecule is N#Cc1ccc(C(=O)NCC(F)(F)F)cc1. The topological polar surface area (TPSA) is 52.9 Å². The summed E-state index contributed by atoms with van der Waals surface area (Å²) in [6.07, 6.45) is -4.43. The van der Waals surface area contributed by atoms with Gasteiger partial charge in [0.2, 0.25) is 0 Å². The molecule has 0 aliphatic rings. The van der Waals surface area contributed by atoms with Crippen LogP contribution in [0, 0.1) is 11.3 Å². The summed E-state index contributed by atoms with van der Waals surface area (Å²) in [5.41, 5.74) is 0.427. The van der Waals surface area contributed by atoms with Gasteiger partial charge in [0.05, 0.1) is 11.6 Å². The van der Waals surface area contributed by atoms with Crippen LogP contribution in [0.5, 0.6) is 0 Å². The minimum Gasteiger partial charge on any atom is -0.343 e. The molecule has 0 radical (unpaired) electrons. The Morgan fingerprint density at radius 2 is 1.88 bits per heavy atom. The summed E-state index contributed by atoms with van der Waals surface area (Å²) in [7, 11) is 0. The van der Waals surface area contributed by atoms with Crippen molar-refractivity contribution in [2.75, 3.05) is 6.54 Å². The van der Waals surface area contributed by atoms with Gasteiger partial charge in [0, 0.05) is 5.56 Å². The maximum atomic E-state index is 11.8. The second kappa shape index (κ2) is 4.66. The Hall–Kier alpha value is -2.03. The standard InChI is InChI=1S/C10H7F3N2O/c11-10(12,13)6-15-9(16)8-3-1-7(5-14)2-4-8/h1-4H,6H2,(H,15,16). The lowest BCUT2D eigenvalue weighted by Crippen LogP contribution is -2.33. The highest BCUT2D eigenvalue weighted by molar-refractivity contribution is 5.94. The first-order valence-corrected chi connectivity index (χ1v) is 4.27. The number of nitriles is 1. The molecule has 0 saturated carbocycles. The molecule has 0 heterocycles. The van der Waals surface area contributed by atoms with Crippen molar-refractivity contribution >= 4 is 5.91 Å². The molecule has 0 aliphatic heterocycles. The highest BCUT2D eigenvalue weighted by Gasteiger charge is 2.27. The van der Waals surface area contributed by atoms with E-state index in [0.29, 0.717) is 5.56 Å². The molecule has 0 unspecified atom stereocenters. The first-order chi connectivity index (χ1) is 7.42. The van der Waals surface area contributed by atoms with Crippen LogP contribution in [-0.4, -0.2) is 18.6 Å². The summed E-state index contributed by atoms with van der Waals surface area (Å²) >= 11 is 0. The number of rotatable bonds is 2.